The van der Waals surface area contributed by atoms with Crippen molar-refractivity contribution in [1.29, 1.82) is 0 Å². The molecule has 2 aliphatic rings. The first-order valence-electron chi connectivity index (χ1n) is 12.5. The Balaban J connectivity index is 0.000000479. The molecule has 2 aromatic rings. The molecule has 2 N–H and O–H groups in total. The van der Waals surface area contributed by atoms with Crippen LogP contribution >= 0.6 is 0 Å². The van der Waals surface area contributed by atoms with Gasteiger partial charge in [-0.3, -0.25) is 9.69 Å². The molecule has 1 aromatic heterocycles. The van der Waals surface area contributed by atoms with Crippen LogP contribution in [0.15, 0.2) is 40.8 Å². The van der Waals surface area contributed by atoms with E-state index in [9.17, 15) is 18.0 Å². The second kappa shape index (κ2) is 12.0. The number of alkyl halides is 3. The number of para-hydroxylation sites is 1. The third-order valence-electron chi connectivity index (χ3n) is 6.63. The number of fused-ring (bicyclic) bond motifs is 1. The second-order valence-corrected chi connectivity index (χ2v) is 10.2. The first kappa shape index (κ1) is 28.6. The third kappa shape index (κ3) is 8.24. The van der Waals surface area contributed by atoms with E-state index in [0.29, 0.717) is 12.3 Å². The van der Waals surface area contributed by atoms with Gasteiger partial charge in [0, 0.05) is 32.0 Å². The molecule has 37 heavy (non-hydrogen) atoms. The van der Waals surface area contributed by atoms with Crippen LogP contribution in [-0.4, -0.2) is 53.3 Å². The van der Waals surface area contributed by atoms with Crippen LogP contribution in [0, 0.1) is 12.8 Å². The molecular formula is C27H35F3N2O5. The maximum Gasteiger partial charge on any atom is 0.490 e. The zero-order valence-corrected chi connectivity index (χ0v) is 21.4. The van der Waals surface area contributed by atoms with Crippen molar-refractivity contribution < 1.29 is 37.0 Å². The molecule has 1 aromatic carbocycles. The predicted octanol–water partition coefficient (Wildman–Crippen LogP) is 5.28. The van der Waals surface area contributed by atoms with Gasteiger partial charge in [0.25, 0.3) is 0 Å². The predicted molar refractivity (Wildman–Crippen MR) is 131 cm³/mol. The quantitative estimate of drug-likeness (QED) is 0.534. The van der Waals surface area contributed by atoms with E-state index < -0.39 is 12.1 Å². The molecule has 0 radical (unpaired) electrons. The fourth-order valence-electron chi connectivity index (χ4n) is 4.76. The summed E-state index contributed by atoms with van der Waals surface area (Å²) < 4.78 is 44.1. The number of aliphatic carboxylic acids is 1. The molecule has 1 spiro atoms. The van der Waals surface area contributed by atoms with E-state index in [4.69, 9.17) is 19.1 Å². The zero-order chi connectivity index (χ0) is 27.2. The first-order chi connectivity index (χ1) is 17.4. The van der Waals surface area contributed by atoms with Crippen molar-refractivity contribution in [3.8, 4) is 5.75 Å². The smallest absolute Gasteiger partial charge is 0.487 e. The molecule has 10 heteroatoms. The van der Waals surface area contributed by atoms with E-state index in [1.54, 1.807) is 0 Å². The van der Waals surface area contributed by atoms with Gasteiger partial charge >= 0.3 is 12.1 Å². The van der Waals surface area contributed by atoms with E-state index >= 15 is 0 Å². The molecule has 1 amide bonds. The molecular weight excluding hydrogens is 489 g/mol. The number of piperidine rings is 1. The maximum absolute atomic E-state index is 12.6. The lowest BCUT2D eigenvalue weighted by atomic mass is 9.76. The van der Waals surface area contributed by atoms with Gasteiger partial charge in [-0.1, -0.05) is 32.0 Å². The lowest BCUT2D eigenvalue weighted by molar-refractivity contribution is -0.192. The molecule has 1 fully saturated rings. The Hall–Kier alpha value is -3.01. The van der Waals surface area contributed by atoms with Crippen molar-refractivity contribution in [1.82, 2.24) is 10.2 Å². The number of aryl methyl sites for hydroxylation is 1. The molecule has 1 unspecified atom stereocenters. The summed E-state index contributed by atoms with van der Waals surface area (Å²) in [5.74, 6) is 1.01. The minimum Gasteiger partial charge on any atom is -0.487 e. The number of ether oxygens (including phenoxy) is 1. The van der Waals surface area contributed by atoms with Crippen LogP contribution in [0.2, 0.25) is 0 Å². The number of carboxylic acids is 1. The van der Waals surface area contributed by atoms with Gasteiger partial charge in [-0.15, -0.1) is 0 Å². The van der Waals surface area contributed by atoms with Gasteiger partial charge in [0.2, 0.25) is 5.91 Å². The number of nitrogens with one attached hydrogen (secondary N) is 1. The molecule has 3 heterocycles. The number of hydrogen-bond acceptors (Lipinski definition) is 5. The highest BCUT2D eigenvalue weighted by atomic mass is 19.4. The molecule has 1 saturated heterocycles. The van der Waals surface area contributed by atoms with Crippen molar-refractivity contribution in [3.05, 3.63) is 53.5 Å². The van der Waals surface area contributed by atoms with Gasteiger partial charge in [-0.2, -0.15) is 13.2 Å². The van der Waals surface area contributed by atoms with E-state index in [0.717, 1.165) is 62.7 Å². The summed E-state index contributed by atoms with van der Waals surface area (Å²) in [6.45, 7) is 9.77. The highest BCUT2D eigenvalue weighted by Crippen LogP contribution is 2.46. The monoisotopic (exact) mass is 524 g/mol. The van der Waals surface area contributed by atoms with Gasteiger partial charge in [-0.05, 0) is 55.9 Å². The van der Waals surface area contributed by atoms with Gasteiger partial charge in [0.15, 0.2) is 0 Å². The summed E-state index contributed by atoms with van der Waals surface area (Å²) in [5, 5.41) is 10.2. The van der Waals surface area contributed by atoms with Crippen LogP contribution in [0.1, 0.15) is 62.5 Å². The van der Waals surface area contributed by atoms with E-state index in [1.807, 2.05) is 25.1 Å². The minimum absolute atomic E-state index is 0.145. The number of nitrogens with zero attached hydrogens (tertiary/aromatic N) is 1. The zero-order valence-electron chi connectivity index (χ0n) is 21.4. The highest BCUT2D eigenvalue weighted by molar-refractivity contribution is 5.77. The molecule has 2 aliphatic heterocycles. The molecule has 204 valence electrons. The van der Waals surface area contributed by atoms with E-state index in [1.165, 1.54) is 5.56 Å². The molecule has 1 atom stereocenters. The number of hydrogen-bond donors (Lipinski definition) is 2. The van der Waals surface area contributed by atoms with Crippen LogP contribution in [0.25, 0.3) is 0 Å². The number of halogens is 3. The van der Waals surface area contributed by atoms with Gasteiger partial charge in [0.05, 0.1) is 6.54 Å². The average Bonchev–Trinajstić information content (AvgIpc) is 3.23. The first-order valence-corrected chi connectivity index (χ1v) is 12.5. The fraction of sp³-hybridized carbons (Fsp3) is 0.556. The maximum atomic E-state index is 12.6. The highest BCUT2D eigenvalue weighted by Gasteiger charge is 2.43. The van der Waals surface area contributed by atoms with Gasteiger partial charge < -0.3 is 19.6 Å². The van der Waals surface area contributed by atoms with E-state index in [2.05, 4.69) is 42.3 Å². The van der Waals surface area contributed by atoms with Crippen LogP contribution in [0.3, 0.4) is 0 Å². The lowest BCUT2D eigenvalue weighted by Crippen LogP contribution is -2.50. The van der Waals surface area contributed by atoms with Crippen LogP contribution < -0.4 is 10.1 Å². The summed E-state index contributed by atoms with van der Waals surface area (Å²) in [5.41, 5.74) is 1.00. The number of carbonyl (C=O) groups excluding carboxylic acids is 1. The third-order valence-corrected chi connectivity index (χ3v) is 6.63. The molecule has 4 rings (SSSR count). The number of carboxylic acid groups (broad SMARTS) is 1. The second-order valence-electron chi connectivity index (χ2n) is 10.2. The van der Waals surface area contributed by atoms with Crippen LogP contribution in [0.5, 0.6) is 5.75 Å². The summed E-state index contributed by atoms with van der Waals surface area (Å²) >= 11 is 0. The van der Waals surface area contributed by atoms with Crippen molar-refractivity contribution in [3.63, 3.8) is 0 Å². The summed E-state index contributed by atoms with van der Waals surface area (Å²) in [6, 6.07) is 12.4. The summed E-state index contributed by atoms with van der Waals surface area (Å²) in [7, 11) is 0. The minimum atomic E-state index is -5.08. The number of carbonyl (C=O) groups is 2. The Morgan fingerprint density at radius 2 is 1.81 bits per heavy atom. The van der Waals surface area contributed by atoms with Crippen molar-refractivity contribution in [2.24, 2.45) is 5.92 Å². The SMILES string of the molecule is Cc1ccc(CN2CCC3(CC2)CC(CC(=O)NCC(C)C)c2ccccc2O3)o1.O=C(O)C(F)(F)F. The number of amides is 1. The normalized spacial score (nSPS) is 18.9. The molecule has 0 bridgehead atoms. The van der Waals surface area contributed by atoms with Crippen LogP contribution in [0.4, 0.5) is 13.2 Å². The van der Waals surface area contributed by atoms with Crippen molar-refractivity contribution >= 4 is 11.9 Å². The lowest BCUT2D eigenvalue weighted by Gasteiger charge is -2.46. The summed E-state index contributed by atoms with van der Waals surface area (Å²) in [4.78, 5) is 23.9. The largest absolute Gasteiger partial charge is 0.490 e. The standard InChI is InChI=1S/C25H34N2O3.C2HF3O2/c1-18(2)16-26-24(28)14-20-15-25(30-23-7-5-4-6-22(20)23)10-12-27(13-11-25)17-21-9-8-19(3)29-21;3-2(4,5)1(6)7/h4-9,18,20H,10-17H2,1-3H3,(H,26,28);(H,6,7). The Labute approximate surface area is 215 Å². The Morgan fingerprint density at radius 1 is 1.16 bits per heavy atom. The topological polar surface area (TPSA) is 92.0 Å². The Bertz CT molecular complexity index is 1060. The molecule has 0 saturated carbocycles. The number of furan rings is 1. The van der Waals surface area contributed by atoms with Crippen LogP contribution in [-0.2, 0) is 16.1 Å². The van der Waals surface area contributed by atoms with Crippen molar-refractivity contribution in [2.75, 3.05) is 19.6 Å². The molecule has 7 nitrogen and oxygen atoms in total. The van der Waals surface area contributed by atoms with Gasteiger partial charge in [-0.25, -0.2) is 4.79 Å². The van der Waals surface area contributed by atoms with E-state index in [-0.39, 0.29) is 17.4 Å². The number of rotatable bonds is 6. The summed E-state index contributed by atoms with van der Waals surface area (Å²) in [6.07, 6.45) is -1.69. The number of benzene rings is 1. The van der Waals surface area contributed by atoms with Gasteiger partial charge in [0.1, 0.15) is 22.9 Å². The molecule has 0 aliphatic carbocycles. The Morgan fingerprint density at radius 3 is 2.38 bits per heavy atom. The van der Waals surface area contributed by atoms with Crippen molar-refractivity contribution in [2.45, 2.75) is 70.7 Å². The Kier molecular flexibility index (Phi) is 9.28. The fourth-order valence-corrected chi connectivity index (χ4v) is 4.76. The number of likely N-dealkylation sites (tertiary alicyclic amines) is 1. The average molecular weight is 525 g/mol.